The number of unbranched alkanes of at least 4 members (excludes halogenated alkanes) is 2. The second-order valence-electron chi connectivity index (χ2n) is 10.1. The van der Waals surface area contributed by atoms with E-state index in [1.807, 2.05) is 6.92 Å². The summed E-state index contributed by atoms with van der Waals surface area (Å²) < 4.78 is 15.9. The van der Waals surface area contributed by atoms with Crippen molar-refractivity contribution in [1.82, 2.24) is 15.8 Å². The first-order valence-electron chi connectivity index (χ1n) is 13.7. The second kappa shape index (κ2) is 16.6. The number of aryl methyl sites for hydroxylation is 1. The van der Waals surface area contributed by atoms with Gasteiger partial charge in [0.15, 0.2) is 11.5 Å². The van der Waals surface area contributed by atoms with Crippen molar-refractivity contribution >= 4 is 23.5 Å². The molecular weight excluding hydrogens is 502 g/mol. The van der Waals surface area contributed by atoms with E-state index >= 15 is 0 Å². The molecule has 10 nitrogen and oxygen atoms in total. The lowest BCUT2D eigenvalue weighted by Gasteiger charge is -2.27. The van der Waals surface area contributed by atoms with Crippen molar-refractivity contribution in [1.29, 1.82) is 0 Å². The summed E-state index contributed by atoms with van der Waals surface area (Å²) in [7, 11) is 4.53. The highest BCUT2D eigenvalue weighted by molar-refractivity contribution is 6.38. The van der Waals surface area contributed by atoms with Crippen LogP contribution in [0.3, 0.4) is 0 Å². The maximum Gasteiger partial charge on any atom is 0.291 e. The van der Waals surface area contributed by atoms with Crippen molar-refractivity contribution in [3.63, 3.8) is 0 Å². The molecule has 2 N–H and O–H groups in total. The summed E-state index contributed by atoms with van der Waals surface area (Å²) >= 11 is 0. The van der Waals surface area contributed by atoms with E-state index in [-0.39, 0.29) is 6.42 Å². The fourth-order valence-electron chi connectivity index (χ4n) is 4.03. The number of methoxy groups -OCH3 is 3. The Morgan fingerprint density at radius 2 is 1.54 bits per heavy atom. The molecule has 0 spiro atoms. The summed E-state index contributed by atoms with van der Waals surface area (Å²) in [4.78, 5) is 51.5. The summed E-state index contributed by atoms with van der Waals surface area (Å²) in [5.74, 6) is -0.658. The van der Waals surface area contributed by atoms with Crippen LogP contribution in [0.5, 0.6) is 17.2 Å². The Morgan fingerprint density at radius 1 is 0.949 bits per heavy atom. The molecule has 2 rings (SSSR count). The largest absolute Gasteiger partial charge is 0.493 e. The molecule has 10 heteroatoms. The lowest BCUT2D eigenvalue weighted by Crippen LogP contribution is -2.53. The van der Waals surface area contributed by atoms with E-state index in [4.69, 9.17) is 14.2 Å². The Labute approximate surface area is 233 Å². The number of hydrogen-bond acceptors (Lipinski definition) is 7. The predicted molar refractivity (Wildman–Crippen MR) is 150 cm³/mol. The number of carbonyl (C=O) groups is 4. The molecular formula is C29H47N3O7. The molecule has 1 saturated heterocycles. The summed E-state index contributed by atoms with van der Waals surface area (Å²) in [5, 5.41) is 0. The molecule has 220 valence electrons. The molecule has 1 heterocycles. The number of likely N-dealkylation sites (tertiary alicyclic amines) is 1. The van der Waals surface area contributed by atoms with Gasteiger partial charge >= 0.3 is 0 Å². The van der Waals surface area contributed by atoms with Crippen molar-refractivity contribution in [3.8, 4) is 17.2 Å². The van der Waals surface area contributed by atoms with E-state index in [2.05, 4.69) is 24.7 Å². The topological polar surface area (TPSA) is 123 Å². The Kier molecular flexibility index (Phi) is 14.4. The van der Waals surface area contributed by atoms with Crippen LogP contribution in [0.4, 0.5) is 0 Å². The smallest absolute Gasteiger partial charge is 0.291 e. The van der Waals surface area contributed by atoms with Gasteiger partial charge in [0.1, 0.15) is 6.04 Å². The average Bonchev–Trinajstić information content (AvgIpc) is 3.44. The highest BCUT2D eigenvalue weighted by atomic mass is 16.5. The lowest BCUT2D eigenvalue weighted by molar-refractivity contribution is -0.151. The predicted octanol–water partition coefficient (Wildman–Crippen LogP) is 3.99. The fraction of sp³-hybridized carbons (Fsp3) is 0.655. The molecule has 1 aliphatic heterocycles. The maximum absolute atomic E-state index is 12.7. The van der Waals surface area contributed by atoms with Gasteiger partial charge in [0.2, 0.25) is 17.4 Å². The van der Waals surface area contributed by atoms with E-state index < -0.39 is 35.0 Å². The molecule has 39 heavy (non-hydrogen) atoms. The lowest BCUT2D eigenvalue weighted by atomic mass is 9.84. The zero-order chi connectivity index (χ0) is 29.6. The van der Waals surface area contributed by atoms with Crippen LogP contribution in [0.15, 0.2) is 12.1 Å². The van der Waals surface area contributed by atoms with E-state index in [0.717, 1.165) is 5.56 Å². The minimum Gasteiger partial charge on any atom is -0.493 e. The number of nitrogens with zero attached hydrogens (tertiary/aromatic N) is 1. The molecule has 1 aromatic rings. The van der Waals surface area contributed by atoms with Crippen LogP contribution < -0.4 is 25.1 Å². The third-order valence-corrected chi connectivity index (χ3v) is 6.91. The van der Waals surface area contributed by atoms with Gasteiger partial charge in [-0.3, -0.25) is 30.0 Å². The Balaban J connectivity index is 0.00000139. The number of hydrazine groups is 1. The van der Waals surface area contributed by atoms with E-state index in [9.17, 15) is 19.2 Å². The Bertz CT molecular complexity index is 951. The van der Waals surface area contributed by atoms with Crippen LogP contribution in [0, 0.1) is 5.41 Å². The van der Waals surface area contributed by atoms with Crippen LogP contribution in [0.1, 0.15) is 85.1 Å². The van der Waals surface area contributed by atoms with Gasteiger partial charge in [-0.15, -0.1) is 0 Å². The molecule has 3 amide bonds. The number of ether oxygens (including phenoxy) is 3. The third kappa shape index (κ3) is 9.75. The van der Waals surface area contributed by atoms with E-state index in [1.54, 1.807) is 26.0 Å². The third-order valence-electron chi connectivity index (χ3n) is 6.91. The van der Waals surface area contributed by atoms with Gasteiger partial charge in [0.05, 0.1) is 21.3 Å². The van der Waals surface area contributed by atoms with E-state index in [0.29, 0.717) is 49.5 Å². The molecule has 1 fully saturated rings. The van der Waals surface area contributed by atoms with Crippen molar-refractivity contribution in [2.24, 2.45) is 5.41 Å². The number of benzene rings is 1. The van der Waals surface area contributed by atoms with Gasteiger partial charge in [-0.1, -0.05) is 53.9 Å². The van der Waals surface area contributed by atoms with Crippen LogP contribution in [-0.2, 0) is 25.6 Å². The van der Waals surface area contributed by atoms with Gasteiger partial charge in [-0.25, -0.2) is 0 Å². The molecule has 0 saturated carbocycles. The van der Waals surface area contributed by atoms with Gasteiger partial charge in [-0.2, -0.15) is 0 Å². The number of ketones is 1. The fourth-order valence-corrected chi connectivity index (χ4v) is 4.03. The van der Waals surface area contributed by atoms with Crippen LogP contribution >= 0.6 is 0 Å². The van der Waals surface area contributed by atoms with Crippen molar-refractivity contribution in [2.75, 3.05) is 27.9 Å². The minimum absolute atomic E-state index is 0.0927. The Hall–Kier alpha value is -3.30. The number of Topliss-reactive ketones (excluding diaryl/α,β-unsaturated/α-hetero) is 1. The van der Waals surface area contributed by atoms with E-state index in [1.165, 1.54) is 45.5 Å². The standard InChI is InChI=1S/C24H35N3O7.C5H12/c1-7-24(2,3)21(29)23(31)27-12-8-9-16(27)22(30)26-25-19(28)11-10-15-13-17(32-4)20(34-6)18(14-15)33-5;1-3-5-4-2/h13-14,16H,7-12H2,1-6H3,(H,25,28)(H,26,30);3-5H2,1-2H3. The zero-order valence-electron chi connectivity index (χ0n) is 24.9. The minimum atomic E-state index is -0.792. The summed E-state index contributed by atoms with van der Waals surface area (Å²) in [6, 6.07) is 2.72. The van der Waals surface area contributed by atoms with Crippen molar-refractivity contribution in [3.05, 3.63) is 17.7 Å². The molecule has 1 aromatic carbocycles. The summed E-state index contributed by atoms with van der Waals surface area (Å²) in [6.45, 7) is 10.0. The molecule has 0 bridgehead atoms. The van der Waals surface area contributed by atoms with Gasteiger partial charge < -0.3 is 19.1 Å². The summed E-state index contributed by atoms with van der Waals surface area (Å²) in [6.07, 6.45) is 6.09. The first-order valence-corrected chi connectivity index (χ1v) is 13.7. The number of carbonyl (C=O) groups excluding carboxylic acids is 4. The quantitative estimate of drug-likeness (QED) is 0.299. The Morgan fingerprint density at radius 3 is 2.00 bits per heavy atom. The monoisotopic (exact) mass is 549 g/mol. The highest BCUT2D eigenvalue weighted by Gasteiger charge is 2.41. The van der Waals surface area contributed by atoms with Gasteiger partial charge in [0.25, 0.3) is 11.8 Å². The molecule has 1 aliphatic rings. The zero-order valence-corrected chi connectivity index (χ0v) is 24.9. The van der Waals surface area contributed by atoms with Gasteiger partial charge in [-0.05, 0) is 43.4 Å². The van der Waals surface area contributed by atoms with Crippen molar-refractivity contribution < 1.29 is 33.4 Å². The molecule has 1 atom stereocenters. The SMILES string of the molecule is CCC(C)(C)C(=O)C(=O)N1CCCC1C(=O)NNC(=O)CCc1cc(OC)c(OC)c(OC)c1.CCCCC. The number of nitrogens with one attached hydrogen (secondary N) is 2. The molecule has 0 aliphatic carbocycles. The highest BCUT2D eigenvalue weighted by Crippen LogP contribution is 2.38. The molecule has 0 radical (unpaired) electrons. The number of hydrogen-bond donors (Lipinski definition) is 2. The van der Waals surface area contributed by atoms with Crippen LogP contribution in [0.25, 0.3) is 0 Å². The number of amides is 3. The molecule has 0 aromatic heterocycles. The first kappa shape index (κ1) is 33.7. The average molecular weight is 550 g/mol. The second-order valence-corrected chi connectivity index (χ2v) is 10.1. The molecule has 1 unspecified atom stereocenters. The maximum atomic E-state index is 12.7. The van der Waals surface area contributed by atoms with Crippen LogP contribution in [-0.4, -0.2) is 62.3 Å². The normalized spacial score (nSPS) is 14.6. The van der Waals surface area contributed by atoms with Gasteiger partial charge in [0, 0.05) is 18.4 Å². The van der Waals surface area contributed by atoms with Crippen LogP contribution in [0.2, 0.25) is 0 Å². The summed E-state index contributed by atoms with van der Waals surface area (Å²) in [5.41, 5.74) is 4.78. The number of rotatable bonds is 12. The first-order chi connectivity index (χ1) is 18.5. The van der Waals surface area contributed by atoms with Crippen molar-refractivity contribution in [2.45, 2.75) is 92.0 Å².